The van der Waals surface area contributed by atoms with Crippen LogP contribution in [0.3, 0.4) is 0 Å². The summed E-state index contributed by atoms with van der Waals surface area (Å²) in [6, 6.07) is 0.686. The number of aromatic nitrogens is 2. The summed E-state index contributed by atoms with van der Waals surface area (Å²) in [5.41, 5.74) is 1.39. The van der Waals surface area contributed by atoms with Crippen molar-refractivity contribution in [2.75, 3.05) is 0 Å². The quantitative estimate of drug-likeness (QED) is 0.739. The molecule has 1 aliphatic carbocycles. The standard InChI is InChI=1S/C13H22N2/c1-9(2)5-11-7-14-15(8-11)13-6-12(13)10(3)4/h7-10,12-13H,5-6H2,1-4H3/t12-,13-/m1/s1. The van der Waals surface area contributed by atoms with E-state index in [9.17, 15) is 0 Å². The summed E-state index contributed by atoms with van der Waals surface area (Å²) >= 11 is 0. The maximum atomic E-state index is 4.48. The van der Waals surface area contributed by atoms with E-state index >= 15 is 0 Å². The summed E-state index contributed by atoms with van der Waals surface area (Å²) in [5.74, 6) is 2.38. The van der Waals surface area contributed by atoms with Crippen LogP contribution in [-0.2, 0) is 6.42 Å². The lowest BCUT2D eigenvalue weighted by Crippen LogP contribution is -2.00. The van der Waals surface area contributed by atoms with Crippen LogP contribution in [0.4, 0.5) is 0 Å². The Balaban J connectivity index is 1.97. The van der Waals surface area contributed by atoms with Gasteiger partial charge in [0.05, 0.1) is 12.2 Å². The smallest absolute Gasteiger partial charge is 0.0554 e. The lowest BCUT2D eigenvalue weighted by molar-refractivity contribution is 0.487. The first-order valence-electron chi connectivity index (χ1n) is 6.11. The van der Waals surface area contributed by atoms with Crippen LogP contribution < -0.4 is 0 Å². The molecule has 2 atom stereocenters. The Kier molecular flexibility index (Phi) is 2.85. The van der Waals surface area contributed by atoms with Crippen molar-refractivity contribution in [2.24, 2.45) is 17.8 Å². The van der Waals surface area contributed by atoms with Crippen molar-refractivity contribution in [3.8, 4) is 0 Å². The summed E-state index contributed by atoms with van der Waals surface area (Å²) < 4.78 is 2.18. The van der Waals surface area contributed by atoms with Gasteiger partial charge < -0.3 is 0 Å². The van der Waals surface area contributed by atoms with E-state index in [0.717, 1.165) is 24.2 Å². The molecule has 0 spiro atoms. The molecule has 84 valence electrons. The van der Waals surface area contributed by atoms with Gasteiger partial charge in [-0.05, 0) is 36.2 Å². The largest absolute Gasteiger partial charge is 0.269 e. The van der Waals surface area contributed by atoms with Crippen LogP contribution in [0.2, 0.25) is 0 Å². The maximum absolute atomic E-state index is 4.48. The van der Waals surface area contributed by atoms with E-state index in [-0.39, 0.29) is 0 Å². The molecule has 0 bridgehead atoms. The highest BCUT2D eigenvalue weighted by molar-refractivity contribution is 5.07. The van der Waals surface area contributed by atoms with Crippen molar-refractivity contribution < 1.29 is 0 Å². The minimum Gasteiger partial charge on any atom is -0.269 e. The van der Waals surface area contributed by atoms with Crippen molar-refractivity contribution in [3.05, 3.63) is 18.0 Å². The molecule has 1 heterocycles. The molecule has 0 radical (unpaired) electrons. The normalized spacial score (nSPS) is 25.2. The summed E-state index contributed by atoms with van der Waals surface area (Å²) in [6.07, 6.45) is 6.75. The Morgan fingerprint density at radius 1 is 1.40 bits per heavy atom. The average Bonchev–Trinajstić information content (AvgIpc) is 2.81. The lowest BCUT2D eigenvalue weighted by atomic mass is 10.1. The summed E-state index contributed by atoms with van der Waals surface area (Å²) in [6.45, 7) is 9.13. The Labute approximate surface area is 92.7 Å². The third-order valence-electron chi connectivity index (χ3n) is 3.30. The van der Waals surface area contributed by atoms with Gasteiger partial charge in [0.2, 0.25) is 0 Å². The van der Waals surface area contributed by atoms with Gasteiger partial charge in [0.15, 0.2) is 0 Å². The lowest BCUT2D eigenvalue weighted by Gasteiger charge is -2.03. The fourth-order valence-electron chi connectivity index (χ4n) is 2.36. The predicted molar refractivity (Wildman–Crippen MR) is 62.8 cm³/mol. The van der Waals surface area contributed by atoms with Gasteiger partial charge in [-0.25, -0.2) is 0 Å². The van der Waals surface area contributed by atoms with Gasteiger partial charge in [0, 0.05) is 6.20 Å². The molecule has 1 saturated carbocycles. The molecule has 1 aliphatic rings. The molecule has 1 fully saturated rings. The van der Waals surface area contributed by atoms with E-state index in [4.69, 9.17) is 0 Å². The molecule has 0 saturated heterocycles. The highest BCUT2D eigenvalue weighted by Crippen LogP contribution is 2.47. The van der Waals surface area contributed by atoms with Crippen LogP contribution >= 0.6 is 0 Å². The zero-order valence-electron chi connectivity index (χ0n) is 10.3. The van der Waals surface area contributed by atoms with Crippen LogP contribution in [-0.4, -0.2) is 9.78 Å². The van der Waals surface area contributed by atoms with E-state index in [2.05, 4.69) is 43.7 Å². The van der Waals surface area contributed by atoms with Gasteiger partial charge in [-0.2, -0.15) is 5.10 Å². The van der Waals surface area contributed by atoms with Crippen molar-refractivity contribution in [1.29, 1.82) is 0 Å². The van der Waals surface area contributed by atoms with Crippen LogP contribution in [0.15, 0.2) is 12.4 Å². The molecule has 2 nitrogen and oxygen atoms in total. The third kappa shape index (κ3) is 2.42. The molecule has 0 aromatic carbocycles. The molecule has 15 heavy (non-hydrogen) atoms. The van der Waals surface area contributed by atoms with E-state index in [1.165, 1.54) is 12.0 Å². The first kappa shape index (κ1) is 10.7. The molecule has 0 aliphatic heterocycles. The number of hydrogen-bond donors (Lipinski definition) is 0. The summed E-state index contributed by atoms with van der Waals surface area (Å²) in [4.78, 5) is 0. The van der Waals surface area contributed by atoms with Gasteiger partial charge >= 0.3 is 0 Å². The Hall–Kier alpha value is -0.790. The summed E-state index contributed by atoms with van der Waals surface area (Å²) in [7, 11) is 0. The topological polar surface area (TPSA) is 17.8 Å². The van der Waals surface area contributed by atoms with Gasteiger partial charge in [0.25, 0.3) is 0 Å². The van der Waals surface area contributed by atoms with E-state index in [0.29, 0.717) is 6.04 Å². The molecule has 2 rings (SSSR count). The molecule has 2 heteroatoms. The van der Waals surface area contributed by atoms with Crippen LogP contribution in [0.5, 0.6) is 0 Å². The second-order valence-corrected chi connectivity index (χ2v) is 5.64. The second-order valence-electron chi connectivity index (χ2n) is 5.64. The highest BCUT2D eigenvalue weighted by Gasteiger charge is 2.41. The number of hydrogen-bond acceptors (Lipinski definition) is 1. The van der Waals surface area contributed by atoms with Gasteiger partial charge in [-0.1, -0.05) is 27.7 Å². The first-order valence-corrected chi connectivity index (χ1v) is 6.11. The zero-order chi connectivity index (χ0) is 11.0. The van der Waals surface area contributed by atoms with Gasteiger partial charge in [-0.3, -0.25) is 4.68 Å². The predicted octanol–water partition coefficient (Wildman–Crippen LogP) is 3.30. The minimum absolute atomic E-state index is 0.686. The van der Waals surface area contributed by atoms with E-state index in [1.54, 1.807) is 0 Å². The summed E-state index contributed by atoms with van der Waals surface area (Å²) in [5, 5.41) is 4.48. The zero-order valence-corrected chi connectivity index (χ0v) is 10.3. The Morgan fingerprint density at radius 2 is 2.13 bits per heavy atom. The first-order chi connectivity index (χ1) is 7.08. The second kappa shape index (κ2) is 3.99. The van der Waals surface area contributed by atoms with Crippen LogP contribution in [0.25, 0.3) is 0 Å². The molecule has 1 aromatic rings. The molecule has 0 unspecified atom stereocenters. The Morgan fingerprint density at radius 3 is 2.67 bits per heavy atom. The van der Waals surface area contributed by atoms with E-state index < -0.39 is 0 Å². The van der Waals surface area contributed by atoms with Crippen LogP contribution in [0.1, 0.15) is 45.7 Å². The van der Waals surface area contributed by atoms with Crippen molar-refractivity contribution in [1.82, 2.24) is 9.78 Å². The molecular formula is C13H22N2. The van der Waals surface area contributed by atoms with Crippen molar-refractivity contribution in [2.45, 2.75) is 46.6 Å². The fourth-order valence-corrected chi connectivity index (χ4v) is 2.36. The van der Waals surface area contributed by atoms with Crippen molar-refractivity contribution in [3.63, 3.8) is 0 Å². The number of rotatable bonds is 4. The van der Waals surface area contributed by atoms with Gasteiger partial charge in [-0.15, -0.1) is 0 Å². The van der Waals surface area contributed by atoms with Crippen LogP contribution in [0, 0.1) is 17.8 Å². The highest BCUT2D eigenvalue weighted by atomic mass is 15.3. The Bertz CT molecular complexity index is 325. The maximum Gasteiger partial charge on any atom is 0.0554 e. The number of nitrogens with zero attached hydrogens (tertiary/aromatic N) is 2. The molecule has 0 amide bonds. The fraction of sp³-hybridized carbons (Fsp3) is 0.769. The average molecular weight is 206 g/mol. The van der Waals surface area contributed by atoms with Gasteiger partial charge in [0.1, 0.15) is 0 Å². The van der Waals surface area contributed by atoms with E-state index in [1.807, 2.05) is 6.20 Å². The SMILES string of the molecule is CC(C)Cc1cnn([C@@H]2C[C@@H]2C(C)C)c1. The molecular weight excluding hydrogens is 184 g/mol. The monoisotopic (exact) mass is 206 g/mol. The molecule has 0 N–H and O–H groups in total. The third-order valence-corrected chi connectivity index (χ3v) is 3.30. The molecule has 1 aromatic heterocycles. The van der Waals surface area contributed by atoms with Crippen molar-refractivity contribution >= 4 is 0 Å². The minimum atomic E-state index is 0.686.